The van der Waals surface area contributed by atoms with E-state index >= 15 is 0 Å². The Bertz CT molecular complexity index is 389. The van der Waals surface area contributed by atoms with E-state index in [0.717, 1.165) is 24.4 Å². The van der Waals surface area contributed by atoms with Gasteiger partial charge in [0, 0.05) is 18.0 Å². The summed E-state index contributed by atoms with van der Waals surface area (Å²) in [6.45, 7) is 3.83. The number of hydrogen-bond donors (Lipinski definition) is 1. The van der Waals surface area contributed by atoms with Gasteiger partial charge in [0.1, 0.15) is 5.75 Å². The van der Waals surface area contributed by atoms with Gasteiger partial charge < -0.3 is 10.1 Å². The molecule has 16 heavy (non-hydrogen) atoms. The molecule has 0 aliphatic carbocycles. The molecule has 0 radical (unpaired) electrons. The number of carbonyl (C=O) groups excluding carboxylic acids is 1. The summed E-state index contributed by atoms with van der Waals surface area (Å²) in [6, 6.07) is 7.38. The molecule has 2 rings (SSSR count). The van der Waals surface area contributed by atoms with E-state index in [4.69, 9.17) is 4.74 Å². The fourth-order valence-corrected chi connectivity index (χ4v) is 2.15. The maximum atomic E-state index is 12.2. The lowest BCUT2D eigenvalue weighted by Crippen LogP contribution is -2.21. The van der Waals surface area contributed by atoms with Crippen molar-refractivity contribution in [3.05, 3.63) is 29.8 Å². The third-order valence-corrected chi connectivity index (χ3v) is 3.21. The normalized spacial score (nSPS) is 24.4. The molecule has 1 fully saturated rings. The van der Waals surface area contributed by atoms with Crippen molar-refractivity contribution in [2.24, 2.45) is 11.8 Å². The Morgan fingerprint density at radius 3 is 2.88 bits per heavy atom. The fraction of sp³-hybridized carbons (Fsp3) is 0.462. The monoisotopic (exact) mass is 219 g/mol. The van der Waals surface area contributed by atoms with E-state index in [0.29, 0.717) is 5.92 Å². The van der Waals surface area contributed by atoms with Crippen LogP contribution in [0, 0.1) is 11.8 Å². The Morgan fingerprint density at radius 1 is 1.44 bits per heavy atom. The molecule has 0 saturated carbocycles. The summed E-state index contributed by atoms with van der Waals surface area (Å²) in [5.41, 5.74) is 0.750. The SMILES string of the molecule is COc1cccc(C(=O)C2CNCC2C)c1. The number of nitrogens with one attached hydrogen (secondary N) is 1. The molecule has 2 unspecified atom stereocenters. The first-order valence-corrected chi connectivity index (χ1v) is 5.61. The van der Waals surface area contributed by atoms with E-state index in [1.165, 1.54) is 0 Å². The molecule has 0 bridgehead atoms. The van der Waals surface area contributed by atoms with Crippen LogP contribution < -0.4 is 10.1 Å². The minimum atomic E-state index is 0.104. The summed E-state index contributed by atoms with van der Waals surface area (Å²) in [6.07, 6.45) is 0. The van der Waals surface area contributed by atoms with Gasteiger partial charge in [-0.05, 0) is 24.6 Å². The van der Waals surface area contributed by atoms with E-state index in [1.54, 1.807) is 7.11 Å². The minimum absolute atomic E-state index is 0.104. The fourth-order valence-electron chi connectivity index (χ4n) is 2.15. The Balaban J connectivity index is 2.19. The smallest absolute Gasteiger partial charge is 0.167 e. The highest BCUT2D eigenvalue weighted by atomic mass is 16.5. The minimum Gasteiger partial charge on any atom is -0.497 e. The van der Waals surface area contributed by atoms with Crippen molar-refractivity contribution < 1.29 is 9.53 Å². The third-order valence-electron chi connectivity index (χ3n) is 3.21. The number of rotatable bonds is 3. The second kappa shape index (κ2) is 4.66. The number of Topliss-reactive ketones (excluding diaryl/α,β-unsaturated/α-hetero) is 1. The Labute approximate surface area is 95.8 Å². The van der Waals surface area contributed by atoms with Gasteiger partial charge in [0.25, 0.3) is 0 Å². The van der Waals surface area contributed by atoms with Gasteiger partial charge in [-0.2, -0.15) is 0 Å². The second-order valence-electron chi connectivity index (χ2n) is 4.34. The molecule has 1 aromatic carbocycles. The van der Waals surface area contributed by atoms with E-state index in [1.807, 2.05) is 24.3 Å². The van der Waals surface area contributed by atoms with Crippen LogP contribution in [0.15, 0.2) is 24.3 Å². The first-order chi connectivity index (χ1) is 7.72. The van der Waals surface area contributed by atoms with Crippen molar-refractivity contribution in [1.29, 1.82) is 0 Å². The lowest BCUT2D eigenvalue weighted by Gasteiger charge is -2.13. The molecule has 0 aromatic heterocycles. The maximum Gasteiger partial charge on any atom is 0.167 e. The first kappa shape index (κ1) is 11.1. The van der Waals surface area contributed by atoms with Crippen LogP contribution in [0.25, 0.3) is 0 Å². The molecule has 3 nitrogen and oxygen atoms in total. The van der Waals surface area contributed by atoms with Crippen LogP contribution in [0.3, 0.4) is 0 Å². The van der Waals surface area contributed by atoms with Crippen LogP contribution in [-0.4, -0.2) is 26.0 Å². The molecular formula is C13H17NO2. The zero-order valence-corrected chi connectivity index (χ0v) is 9.69. The summed E-state index contributed by atoms with van der Waals surface area (Å²) < 4.78 is 5.13. The Kier molecular flexibility index (Phi) is 3.25. The van der Waals surface area contributed by atoms with Gasteiger partial charge in [-0.1, -0.05) is 19.1 Å². The topological polar surface area (TPSA) is 38.3 Å². The van der Waals surface area contributed by atoms with Gasteiger partial charge in [0.2, 0.25) is 0 Å². The van der Waals surface area contributed by atoms with Crippen LogP contribution in [0.5, 0.6) is 5.75 Å². The third kappa shape index (κ3) is 2.09. The van der Waals surface area contributed by atoms with Crippen molar-refractivity contribution in [3.63, 3.8) is 0 Å². The summed E-state index contributed by atoms with van der Waals surface area (Å²) in [5.74, 6) is 1.48. The summed E-state index contributed by atoms with van der Waals surface area (Å²) >= 11 is 0. The highest BCUT2D eigenvalue weighted by Crippen LogP contribution is 2.22. The molecule has 1 aliphatic rings. The average Bonchev–Trinajstić information content (AvgIpc) is 2.74. The van der Waals surface area contributed by atoms with Gasteiger partial charge in [0.15, 0.2) is 5.78 Å². The van der Waals surface area contributed by atoms with Gasteiger partial charge in [0.05, 0.1) is 7.11 Å². The number of benzene rings is 1. The predicted octanol–water partition coefficient (Wildman–Crippen LogP) is 1.73. The average molecular weight is 219 g/mol. The number of ketones is 1. The molecule has 3 heteroatoms. The van der Waals surface area contributed by atoms with Crippen molar-refractivity contribution >= 4 is 5.78 Å². The highest BCUT2D eigenvalue weighted by Gasteiger charge is 2.30. The Morgan fingerprint density at radius 2 is 2.25 bits per heavy atom. The van der Waals surface area contributed by atoms with Gasteiger partial charge in [-0.15, -0.1) is 0 Å². The molecule has 0 spiro atoms. The summed E-state index contributed by atoms with van der Waals surface area (Å²) in [7, 11) is 1.61. The second-order valence-corrected chi connectivity index (χ2v) is 4.34. The van der Waals surface area contributed by atoms with Crippen molar-refractivity contribution in [3.8, 4) is 5.75 Å². The van der Waals surface area contributed by atoms with E-state index < -0.39 is 0 Å². The van der Waals surface area contributed by atoms with Gasteiger partial charge >= 0.3 is 0 Å². The number of ether oxygens (including phenoxy) is 1. The van der Waals surface area contributed by atoms with Crippen LogP contribution in [-0.2, 0) is 0 Å². The number of methoxy groups -OCH3 is 1. The standard InChI is InChI=1S/C13H17NO2/c1-9-7-14-8-12(9)13(15)10-4-3-5-11(6-10)16-2/h3-6,9,12,14H,7-8H2,1-2H3. The number of hydrogen-bond acceptors (Lipinski definition) is 3. The predicted molar refractivity (Wildman–Crippen MR) is 62.8 cm³/mol. The molecular weight excluding hydrogens is 202 g/mol. The van der Waals surface area contributed by atoms with Crippen molar-refractivity contribution in [2.45, 2.75) is 6.92 Å². The molecule has 2 atom stereocenters. The van der Waals surface area contributed by atoms with Crippen LogP contribution in [0.4, 0.5) is 0 Å². The first-order valence-electron chi connectivity index (χ1n) is 5.61. The van der Waals surface area contributed by atoms with Crippen molar-refractivity contribution in [2.75, 3.05) is 20.2 Å². The lowest BCUT2D eigenvalue weighted by molar-refractivity contribution is 0.0907. The van der Waals surface area contributed by atoms with Crippen LogP contribution in [0.1, 0.15) is 17.3 Å². The highest BCUT2D eigenvalue weighted by molar-refractivity contribution is 5.98. The molecule has 86 valence electrons. The summed E-state index contributed by atoms with van der Waals surface area (Å²) in [5, 5.41) is 3.25. The van der Waals surface area contributed by atoms with Gasteiger partial charge in [-0.3, -0.25) is 4.79 Å². The number of carbonyl (C=O) groups is 1. The quantitative estimate of drug-likeness (QED) is 0.787. The lowest BCUT2D eigenvalue weighted by atomic mass is 9.90. The molecule has 1 heterocycles. The molecule has 1 saturated heterocycles. The molecule has 1 N–H and O–H groups in total. The largest absolute Gasteiger partial charge is 0.497 e. The zero-order chi connectivity index (χ0) is 11.5. The molecule has 0 amide bonds. The van der Waals surface area contributed by atoms with E-state index in [-0.39, 0.29) is 11.7 Å². The maximum absolute atomic E-state index is 12.2. The zero-order valence-electron chi connectivity index (χ0n) is 9.69. The van der Waals surface area contributed by atoms with Gasteiger partial charge in [-0.25, -0.2) is 0 Å². The van der Waals surface area contributed by atoms with Crippen molar-refractivity contribution in [1.82, 2.24) is 5.32 Å². The van der Waals surface area contributed by atoms with E-state index in [2.05, 4.69) is 12.2 Å². The van der Waals surface area contributed by atoms with Crippen LogP contribution in [0.2, 0.25) is 0 Å². The molecule has 1 aromatic rings. The van der Waals surface area contributed by atoms with Crippen LogP contribution >= 0.6 is 0 Å². The summed E-state index contributed by atoms with van der Waals surface area (Å²) in [4.78, 5) is 12.2. The Hall–Kier alpha value is -1.35. The van der Waals surface area contributed by atoms with E-state index in [9.17, 15) is 4.79 Å². The molecule has 1 aliphatic heterocycles.